The third-order valence-electron chi connectivity index (χ3n) is 5.25. The lowest BCUT2D eigenvalue weighted by Crippen LogP contribution is -2.43. The lowest BCUT2D eigenvalue weighted by Gasteiger charge is -2.23. The number of nitrogens with one attached hydrogen (secondary N) is 1. The van der Waals surface area contributed by atoms with Crippen molar-refractivity contribution in [3.63, 3.8) is 0 Å². The van der Waals surface area contributed by atoms with Gasteiger partial charge in [-0.3, -0.25) is 14.5 Å². The van der Waals surface area contributed by atoms with E-state index < -0.39 is 11.7 Å². The summed E-state index contributed by atoms with van der Waals surface area (Å²) >= 11 is 0. The molecule has 1 aromatic rings. The molecule has 2 fully saturated rings. The lowest BCUT2D eigenvalue weighted by atomic mass is 10.2. The molecule has 2 amide bonds. The van der Waals surface area contributed by atoms with E-state index in [4.69, 9.17) is 0 Å². The number of carbonyl (C=O) groups excluding carboxylic acids is 2. The van der Waals surface area contributed by atoms with Crippen LogP contribution in [0.3, 0.4) is 0 Å². The predicted molar refractivity (Wildman–Crippen MR) is 101 cm³/mol. The van der Waals surface area contributed by atoms with E-state index in [0.717, 1.165) is 44.6 Å². The van der Waals surface area contributed by atoms with Gasteiger partial charge in [0, 0.05) is 45.5 Å². The topological polar surface area (TPSA) is 68.8 Å². The minimum atomic E-state index is -4.40. The van der Waals surface area contributed by atoms with Crippen LogP contribution in [0.2, 0.25) is 0 Å². The summed E-state index contributed by atoms with van der Waals surface area (Å²) in [7, 11) is 0. The van der Waals surface area contributed by atoms with Crippen molar-refractivity contribution < 1.29 is 22.8 Å². The third-order valence-corrected chi connectivity index (χ3v) is 5.25. The summed E-state index contributed by atoms with van der Waals surface area (Å²) in [5.41, 5.74) is -0.766. The Hall–Kier alpha value is -2.36. The van der Waals surface area contributed by atoms with Crippen molar-refractivity contribution in [1.29, 1.82) is 0 Å². The summed E-state index contributed by atoms with van der Waals surface area (Å²) in [6.45, 7) is 4.25. The molecule has 3 rings (SSSR count). The fraction of sp³-hybridized carbons (Fsp3) is 0.632. The first-order valence-electron chi connectivity index (χ1n) is 9.88. The third kappa shape index (κ3) is 6.06. The summed E-state index contributed by atoms with van der Waals surface area (Å²) in [4.78, 5) is 33.8. The van der Waals surface area contributed by atoms with Gasteiger partial charge in [0.2, 0.25) is 11.8 Å². The molecule has 7 nitrogen and oxygen atoms in total. The van der Waals surface area contributed by atoms with E-state index in [0.29, 0.717) is 32.0 Å². The number of hydrogen-bond donors (Lipinski definition) is 1. The van der Waals surface area contributed by atoms with Crippen LogP contribution in [0, 0.1) is 0 Å². The zero-order valence-corrected chi connectivity index (χ0v) is 16.2. The Morgan fingerprint density at radius 1 is 1.00 bits per heavy atom. The highest BCUT2D eigenvalue weighted by atomic mass is 19.4. The molecule has 29 heavy (non-hydrogen) atoms. The van der Waals surface area contributed by atoms with Crippen molar-refractivity contribution in [3.8, 4) is 0 Å². The Kier molecular flexibility index (Phi) is 6.94. The number of carbonyl (C=O) groups is 2. The summed E-state index contributed by atoms with van der Waals surface area (Å²) in [5, 5.41) is 2.69. The van der Waals surface area contributed by atoms with Gasteiger partial charge < -0.3 is 15.1 Å². The molecule has 0 saturated carbocycles. The molecule has 0 radical (unpaired) electrons. The van der Waals surface area contributed by atoms with E-state index >= 15 is 0 Å². The zero-order valence-electron chi connectivity index (χ0n) is 16.2. The normalized spacial score (nSPS) is 18.6. The van der Waals surface area contributed by atoms with Crippen LogP contribution in [0.1, 0.15) is 24.8 Å². The van der Waals surface area contributed by atoms with Gasteiger partial charge in [-0.25, -0.2) is 4.98 Å². The minimum Gasteiger partial charge on any atom is -0.355 e. The Morgan fingerprint density at radius 3 is 2.41 bits per heavy atom. The van der Waals surface area contributed by atoms with Gasteiger partial charge in [0.05, 0.1) is 18.7 Å². The van der Waals surface area contributed by atoms with E-state index in [9.17, 15) is 22.8 Å². The number of aromatic nitrogens is 1. The second-order valence-corrected chi connectivity index (χ2v) is 7.38. The van der Waals surface area contributed by atoms with Crippen LogP contribution in [0.25, 0.3) is 0 Å². The number of anilines is 1. The highest BCUT2D eigenvalue weighted by Crippen LogP contribution is 2.29. The molecule has 1 N–H and O–H groups in total. The van der Waals surface area contributed by atoms with Crippen LogP contribution in [0.15, 0.2) is 18.3 Å². The van der Waals surface area contributed by atoms with Gasteiger partial charge >= 0.3 is 6.18 Å². The molecule has 3 heterocycles. The standard InChI is InChI=1S/C19H26F3N5O2/c20-19(21,22)15-4-5-16(23-12-15)26-9-3-6-25(10-11-26)14-17(28)24-13-18(29)27-7-1-2-8-27/h4-5,12H,1-3,6-11,13-14H2,(H,24,28). The van der Waals surface area contributed by atoms with Crippen LogP contribution in [-0.4, -0.2) is 79.0 Å². The molecule has 0 aliphatic carbocycles. The number of alkyl halides is 3. The lowest BCUT2D eigenvalue weighted by molar-refractivity contribution is -0.137. The van der Waals surface area contributed by atoms with Crippen molar-refractivity contribution in [2.75, 3.05) is 57.3 Å². The Morgan fingerprint density at radius 2 is 1.76 bits per heavy atom. The van der Waals surface area contributed by atoms with Crippen molar-refractivity contribution in [2.24, 2.45) is 0 Å². The van der Waals surface area contributed by atoms with Crippen LogP contribution < -0.4 is 10.2 Å². The maximum atomic E-state index is 12.7. The maximum Gasteiger partial charge on any atom is 0.417 e. The smallest absolute Gasteiger partial charge is 0.355 e. The zero-order chi connectivity index (χ0) is 20.9. The van der Waals surface area contributed by atoms with Crippen LogP contribution >= 0.6 is 0 Å². The molecule has 0 spiro atoms. The first-order valence-corrected chi connectivity index (χ1v) is 9.88. The highest BCUT2D eigenvalue weighted by Gasteiger charge is 2.31. The van der Waals surface area contributed by atoms with E-state index in [2.05, 4.69) is 10.3 Å². The molecular weight excluding hydrogens is 387 g/mol. The fourth-order valence-electron chi connectivity index (χ4n) is 3.61. The summed E-state index contributed by atoms with van der Waals surface area (Å²) in [6, 6.07) is 2.42. The highest BCUT2D eigenvalue weighted by molar-refractivity contribution is 5.85. The Balaban J connectivity index is 1.44. The molecule has 0 bridgehead atoms. The van der Waals surface area contributed by atoms with Gasteiger partial charge in [0.25, 0.3) is 0 Å². The fourth-order valence-corrected chi connectivity index (χ4v) is 3.61. The number of likely N-dealkylation sites (tertiary alicyclic amines) is 1. The SMILES string of the molecule is O=C(CN1CCCN(c2ccc(C(F)(F)F)cn2)CC1)NCC(=O)N1CCCC1. The Bertz CT molecular complexity index is 705. The van der Waals surface area contributed by atoms with E-state index in [1.165, 1.54) is 6.07 Å². The van der Waals surface area contributed by atoms with Crippen LogP contribution in [0.4, 0.5) is 19.0 Å². The summed E-state index contributed by atoms with van der Waals surface area (Å²) in [6.07, 6.45) is -0.758. The quantitative estimate of drug-likeness (QED) is 0.789. The average molecular weight is 413 g/mol. The second-order valence-electron chi connectivity index (χ2n) is 7.38. The largest absolute Gasteiger partial charge is 0.417 e. The number of pyridine rings is 1. The monoisotopic (exact) mass is 413 g/mol. The average Bonchev–Trinajstić information content (AvgIpc) is 3.13. The number of rotatable bonds is 5. The van der Waals surface area contributed by atoms with Crippen LogP contribution in [-0.2, 0) is 15.8 Å². The van der Waals surface area contributed by atoms with Crippen molar-refractivity contribution in [2.45, 2.75) is 25.4 Å². The molecule has 2 saturated heterocycles. The molecule has 0 aromatic carbocycles. The van der Waals surface area contributed by atoms with Gasteiger partial charge in [0.1, 0.15) is 5.82 Å². The summed E-state index contributed by atoms with van der Waals surface area (Å²) < 4.78 is 38.0. The molecule has 0 unspecified atom stereocenters. The Labute approximate surface area is 167 Å². The van der Waals surface area contributed by atoms with Crippen molar-refractivity contribution in [3.05, 3.63) is 23.9 Å². The first-order chi connectivity index (χ1) is 13.8. The first kappa shape index (κ1) is 21.4. The molecule has 2 aliphatic rings. The van der Waals surface area contributed by atoms with Gasteiger partial charge in [0.15, 0.2) is 0 Å². The second kappa shape index (κ2) is 9.43. The van der Waals surface area contributed by atoms with Gasteiger partial charge in [-0.15, -0.1) is 0 Å². The molecular formula is C19H26F3N5O2. The predicted octanol–water partition coefficient (Wildman–Crippen LogP) is 1.35. The molecule has 160 valence electrons. The molecule has 1 aromatic heterocycles. The number of amides is 2. The number of hydrogen-bond acceptors (Lipinski definition) is 5. The molecule has 10 heteroatoms. The van der Waals surface area contributed by atoms with E-state index in [1.807, 2.05) is 9.80 Å². The molecule has 2 aliphatic heterocycles. The van der Waals surface area contributed by atoms with Gasteiger partial charge in [-0.2, -0.15) is 13.2 Å². The summed E-state index contributed by atoms with van der Waals surface area (Å²) in [5.74, 6) is 0.255. The van der Waals surface area contributed by atoms with E-state index in [1.54, 1.807) is 4.90 Å². The maximum absolute atomic E-state index is 12.7. The molecule has 0 atom stereocenters. The number of halogens is 3. The van der Waals surface area contributed by atoms with Gasteiger partial charge in [-0.1, -0.05) is 0 Å². The number of nitrogens with zero attached hydrogens (tertiary/aromatic N) is 4. The van der Waals surface area contributed by atoms with Crippen molar-refractivity contribution >= 4 is 17.6 Å². The van der Waals surface area contributed by atoms with Crippen LogP contribution in [0.5, 0.6) is 0 Å². The minimum absolute atomic E-state index is 0.0221. The van der Waals surface area contributed by atoms with Crippen molar-refractivity contribution in [1.82, 2.24) is 20.1 Å². The van der Waals surface area contributed by atoms with Gasteiger partial charge in [-0.05, 0) is 31.4 Å². The van der Waals surface area contributed by atoms with E-state index in [-0.39, 0.29) is 24.9 Å².